The number of nitrogens with zero attached hydrogens (tertiary/aromatic N) is 1. The van der Waals surface area contributed by atoms with Crippen molar-refractivity contribution in [3.05, 3.63) is 149 Å². The zero-order valence-corrected chi connectivity index (χ0v) is 24.0. The predicted octanol–water partition coefficient (Wildman–Crippen LogP) is 8.08. The van der Waals surface area contributed by atoms with Gasteiger partial charge in [0.05, 0.1) is 5.56 Å². The minimum absolute atomic E-state index is 0.0236. The normalized spacial score (nSPS) is 16.0. The standard InChI is InChI=1S/C37H30N2O4/c1-3-39(4-2)28-19-20-31-34(23-28)42-33-21-18-27(22-32(33)37(31)30-13-9-8-12-29(30)36(41)43-37)38-26-16-14-25(15-17-26)35(40)24-10-6-5-7-11-24/h5-23,38H,3-4H2,1-2H3. The Labute approximate surface area is 250 Å². The first-order chi connectivity index (χ1) is 21.0. The van der Waals surface area contributed by atoms with Crippen LogP contribution in [0.5, 0.6) is 11.5 Å². The molecule has 5 aromatic carbocycles. The van der Waals surface area contributed by atoms with Gasteiger partial charge in [-0.15, -0.1) is 0 Å². The van der Waals surface area contributed by atoms with Crippen molar-refractivity contribution in [1.82, 2.24) is 0 Å². The van der Waals surface area contributed by atoms with Gasteiger partial charge in [-0.1, -0.05) is 48.5 Å². The van der Waals surface area contributed by atoms with Crippen molar-refractivity contribution in [3.8, 4) is 11.5 Å². The van der Waals surface area contributed by atoms with Gasteiger partial charge in [0, 0.05) is 64.0 Å². The molecule has 2 aliphatic rings. The summed E-state index contributed by atoms with van der Waals surface area (Å²) in [5.74, 6) is 0.910. The maximum atomic E-state index is 13.3. The van der Waals surface area contributed by atoms with Crippen LogP contribution in [0.3, 0.4) is 0 Å². The molecule has 43 heavy (non-hydrogen) atoms. The first-order valence-corrected chi connectivity index (χ1v) is 14.5. The van der Waals surface area contributed by atoms with Crippen LogP contribution in [0.15, 0.2) is 115 Å². The summed E-state index contributed by atoms with van der Waals surface area (Å²) in [5.41, 5.74) is 5.66. The summed E-state index contributed by atoms with van der Waals surface area (Å²) in [5, 5.41) is 3.45. The Hall–Kier alpha value is -5.36. The third-order valence-electron chi connectivity index (χ3n) is 8.30. The van der Waals surface area contributed by atoms with Gasteiger partial charge in [-0.05, 0) is 74.5 Å². The number of anilines is 3. The molecule has 212 valence electrons. The van der Waals surface area contributed by atoms with E-state index in [-0.39, 0.29) is 11.8 Å². The molecule has 0 aromatic heterocycles. The van der Waals surface area contributed by atoms with E-state index in [1.165, 1.54) is 0 Å². The highest BCUT2D eigenvalue weighted by atomic mass is 16.6. The molecule has 7 rings (SSSR count). The molecule has 0 fully saturated rings. The van der Waals surface area contributed by atoms with Gasteiger partial charge in [-0.25, -0.2) is 4.79 Å². The Bertz CT molecular complexity index is 1860. The summed E-state index contributed by atoms with van der Waals surface area (Å²) >= 11 is 0. The second kappa shape index (κ2) is 10.5. The van der Waals surface area contributed by atoms with Crippen LogP contribution in [-0.4, -0.2) is 24.8 Å². The third kappa shape index (κ3) is 4.34. The highest BCUT2D eigenvalue weighted by Gasteiger charge is 2.53. The van der Waals surface area contributed by atoms with Crippen molar-refractivity contribution in [1.29, 1.82) is 0 Å². The number of esters is 1. The summed E-state index contributed by atoms with van der Waals surface area (Å²) in [6.07, 6.45) is 0. The first-order valence-electron chi connectivity index (χ1n) is 14.5. The monoisotopic (exact) mass is 566 g/mol. The van der Waals surface area contributed by atoms with Crippen LogP contribution in [0.2, 0.25) is 0 Å². The van der Waals surface area contributed by atoms with Crippen LogP contribution in [-0.2, 0) is 10.3 Å². The van der Waals surface area contributed by atoms with Crippen LogP contribution in [0.4, 0.5) is 17.1 Å². The fourth-order valence-electron chi connectivity index (χ4n) is 6.15. The summed E-state index contributed by atoms with van der Waals surface area (Å²) in [7, 11) is 0. The lowest BCUT2D eigenvalue weighted by molar-refractivity contribution is 0.0224. The lowest BCUT2D eigenvalue weighted by Gasteiger charge is -2.37. The van der Waals surface area contributed by atoms with E-state index in [0.717, 1.165) is 46.8 Å². The molecule has 6 nitrogen and oxygen atoms in total. The molecule has 0 aliphatic carbocycles. The maximum Gasteiger partial charge on any atom is 0.340 e. The highest BCUT2D eigenvalue weighted by molar-refractivity contribution is 6.09. The first kappa shape index (κ1) is 26.5. The van der Waals surface area contributed by atoms with Crippen molar-refractivity contribution >= 4 is 28.8 Å². The molecule has 1 spiro atoms. The lowest BCUT2D eigenvalue weighted by Crippen LogP contribution is -2.33. The van der Waals surface area contributed by atoms with Gasteiger partial charge < -0.3 is 19.7 Å². The van der Waals surface area contributed by atoms with Crippen LogP contribution in [0.25, 0.3) is 0 Å². The molecule has 0 radical (unpaired) electrons. The van der Waals surface area contributed by atoms with Crippen molar-refractivity contribution in [2.45, 2.75) is 19.4 Å². The number of ether oxygens (including phenoxy) is 2. The van der Waals surface area contributed by atoms with E-state index in [9.17, 15) is 9.59 Å². The molecule has 2 heterocycles. The maximum absolute atomic E-state index is 13.3. The fraction of sp³-hybridized carbons (Fsp3) is 0.135. The molecule has 5 aromatic rings. The lowest BCUT2D eigenvalue weighted by atomic mass is 9.77. The summed E-state index contributed by atoms with van der Waals surface area (Å²) in [6, 6.07) is 36.2. The molecule has 2 aliphatic heterocycles. The van der Waals surface area contributed by atoms with Crippen molar-refractivity contribution in [2.24, 2.45) is 0 Å². The number of carbonyl (C=O) groups is 2. The van der Waals surface area contributed by atoms with Crippen molar-refractivity contribution in [3.63, 3.8) is 0 Å². The SMILES string of the molecule is CCN(CC)c1ccc2c(c1)Oc1ccc(Nc3ccc(C(=O)c4ccccc4)cc3)cc1C21OC(=O)c2ccccc21. The second-order valence-corrected chi connectivity index (χ2v) is 10.7. The summed E-state index contributed by atoms with van der Waals surface area (Å²) < 4.78 is 12.9. The number of rotatable bonds is 7. The number of nitrogens with one attached hydrogen (secondary N) is 1. The molecule has 6 heteroatoms. The van der Waals surface area contributed by atoms with Gasteiger partial charge >= 0.3 is 5.97 Å². The predicted molar refractivity (Wildman–Crippen MR) is 168 cm³/mol. The van der Waals surface area contributed by atoms with Crippen molar-refractivity contribution < 1.29 is 19.1 Å². The Morgan fingerprint density at radius 3 is 2.16 bits per heavy atom. The van der Waals surface area contributed by atoms with Gasteiger partial charge in [0.2, 0.25) is 0 Å². The zero-order chi connectivity index (χ0) is 29.6. The number of fused-ring (bicyclic) bond motifs is 6. The zero-order valence-electron chi connectivity index (χ0n) is 24.0. The minimum atomic E-state index is -1.15. The number of hydrogen-bond donors (Lipinski definition) is 1. The number of ketones is 1. The van der Waals surface area contributed by atoms with E-state index in [2.05, 4.69) is 30.1 Å². The van der Waals surface area contributed by atoms with Crippen LogP contribution >= 0.6 is 0 Å². The van der Waals surface area contributed by atoms with E-state index < -0.39 is 5.60 Å². The van der Waals surface area contributed by atoms with E-state index in [1.807, 2.05) is 109 Å². The number of carbonyl (C=O) groups excluding carboxylic acids is 2. The van der Waals surface area contributed by atoms with Gasteiger partial charge in [-0.3, -0.25) is 4.79 Å². The average Bonchev–Trinajstić information content (AvgIpc) is 3.35. The Morgan fingerprint density at radius 1 is 0.698 bits per heavy atom. The van der Waals surface area contributed by atoms with E-state index >= 15 is 0 Å². The van der Waals surface area contributed by atoms with Gasteiger partial charge in [-0.2, -0.15) is 0 Å². The third-order valence-corrected chi connectivity index (χ3v) is 8.30. The quantitative estimate of drug-likeness (QED) is 0.159. The molecule has 0 bridgehead atoms. The Balaban J connectivity index is 1.28. The number of benzene rings is 5. The van der Waals surface area contributed by atoms with E-state index in [4.69, 9.17) is 9.47 Å². The number of hydrogen-bond acceptors (Lipinski definition) is 6. The second-order valence-electron chi connectivity index (χ2n) is 10.7. The molecule has 0 saturated carbocycles. The van der Waals surface area contributed by atoms with Gasteiger partial charge in [0.15, 0.2) is 11.4 Å². The van der Waals surface area contributed by atoms with Gasteiger partial charge in [0.1, 0.15) is 11.5 Å². The summed E-state index contributed by atoms with van der Waals surface area (Å²) in [6.45, 7) is 5.98. The van der Waals surface area contributed by atoms with Crippen LogP contribution in [0, 0.1) is 0 Å². The average molecular weight is 567 g/mol. The van der Waals surface area contributed by atoms with Crippen LogP contribution < -0.4 is 15.0 Å². The molecule has 0 amide bonds. The largest absolute Gasteiger partial charge is 0.456 e. The minimum Gasteiger partial charge on any atom is -0.456 e. The van der Waals surface area contributed by atoms with E-state index in [0.29, 0.717) is 28.2 Å². The fourth-order valence-corrected chi connectivity index (χ4v) is 6.15. The molecule has 1 unspecified atom stereocenters. The summed E-state index contributed by atoms with van der Waals surface area (Å²) in [4.78, 5) is 28.4. The Kier molecular flexibility index (Phi) is 6.47. The van der Waals surface area contributed by atoms with Crippen molar-refractivity contribution in [2.75, 3.05) is 23.3 Å². The Morgan fingerprint density at radius 2 is 1.40 bits per heavy atom. The smallest absolute Gasteiger partial charge is 0.340 e. The molecule has 1 atom stereocenters. The topological polar surface area (TPSA) is 67.9 Å². The molecule has 1 N–H and O–H groups in total. The molecular formula is C37H30N2O4. The molecule has 0 saturated heterocycles. The molecular weight excluding hydrogens is 536 g/mol. The van der Waals surface area contributed by atoms with E-state index in [1.54, 1.807) is 0 Å². The highest BCUT2D eigenvalue weighted by Crippen LogP contribution is 2.57. The van der Waals surface area contributed by atoms with Crippen LogP contribution in [0.1, 0.15) is 56.8 Å². The van der Waals surface area contributed by atoms with Gasteiger partial charge in [0.25, 0.3) is 0 Å².